The molecule has 0 bridgehead atoms. The first-order valence-corrected chi connectivity index (χ1v) is 13.6. The van der Waals surface area contributed by atoms with Gasteiger partial charge < -0.3 is 15.0 Å². The van der Waals surface area contributed by atoms with Crippen LogP contribution in [0.5, 0.6) is 5.75 Å². The van der Waals surface area contributed by atoms with E-state index in [-0.39, 0.29) is 0 Å². The molecule has 182 valence electrons. The maximum atomic E-state index is 12.5. The van der Waals surface area contributed by atoms with Crippen LogP contribution in [0.1, 0.15) is 76.2 Å². The monoisotopic (exact) mass is 454 g/mol. The van der Waals surface area contributed by atoms with Gasteiger partial charge in [0.1, 0.15) is 11.6 Å². The van der Waals surface area contributed by atoms with Crippen LogP contribution in [0, 0.1) is 11.8 Å². The molecule has 2 aliphatic carbocycles. The van der Waals surface area contributed by atoms with Crippen LogP contribution in [0.15, 0.2) is 12.3 Å². The van der Waals surface area contributed by atoms with Crippen molar-refractivity contribution in [3.05, 3.63) is 17.8 Å². The Labute approximate surface area is 199 Å². The molecule has 6 heteroatoms. The summed E-state index contributed by atoms with van der Waals surface area (Å²) in [5, 5.41) is 3.36. The van der Waals surface area contributed by atoms with Gasteiger partial charge in [0.25, 0.3) is 0 Å². The molecule has 2 aliphatic heterocycles. The highest BCUT2D eigenvalue weighted by Crippen LogP contribution is 2.33. The van der Waals surface area contributed by atoms with Crippen LogP contribution in [0.2, 0.25) is 0 Å². The van der Waals surface area contributed by atoms with Crippen LogP contribution in [0.3, 0.4) is 0 Å². The predicted octanol–water partition coefficient (Wildman–Crippen LogP) is 4.17. The number of hydrogen-bond donors (Lipinski definition) is 1. The maximum absolute atomic E-state index is 12.5. The van der Waals surface area contributed by atoms with Gasteiger partial charge in [0.2, 0.25) is 5.91 Å². The van der Waals surface area contributed by atoms with Gasteiger partial charge in [-0.1, -0.05) is 19.3 Å². The predicted molar refractivity (Wildman–Crippen MR) is 132 cm³/mol. The largest absolute Gasteiger partial charge is 0.493 e. The normalized spacial score (nSPS) is 26.6. The van der Waals surface area contributed by atoms with Gasteiger partial charge in [0, 0.05) is 56.8 Å². The number of ether oxygens (including phenoxy) is 1. The summed E-state index contributed by atoms with van der Waals surface area (Å²) < 4.78 is 5.72. The number of anilines is 1. The highest BCUT2D eigenvalue weighted by molar-refractivity contribution is 5.76. The number of carbonyl (C=O) groups excluding carboxylic acids is 1. The van der Waals surface area contributed by atoms with E-state index in [9.17, 15) is 4.79 Å². The number of pyridine rings is 1. The van der Waals surface area contributed by atoms with Gasteiger partial charge in [-0.25, -0.2) is 4.98 Å². The Balaban J connectivity index is 0.980. The van der Waals surface area contributed by atoms with Gasteiger partial charge in [0.15, 0.2) is 0 Å². The van der Waals surface area contributed by atoms with E-state index in [0.29, 0.717) is 17.9 Å². The molecule has 5 rings (SSSR count). The fourth-order valence-corrected chi connectivity index (χ4v) is 6.45. The molecule has 1 aromatic rings. The topological polar surface area (TPSA) is 57.7 Å². The molecule has 0 unspecified atom stereocenters. The van der Waals surface area contributed by atoms with Crippen molar-refractivity contribution in [1.29, 1.82) is 0 Å². The molecule has 1 N–H and O–H groups in total. The molecular formula is C27H42N4O2. The second-order valence-corrected chi connectivity index (χ2v) is 10.8. The van der Waals surface area contributed by atoms with E-state index >= 15 is 0 Å². The number of rotatable bonds is 7. The Morgan fingerprint density at radius 3 is 2.58 bits per heavy atom. The van der Waals surface area contributed by atoms with Gasteiger partial charge in [-0.2, -0.15) is 0 Å². The van der Waals surface area contributed by atoms with E-state index in [1.54, 1.807) is 0 Å². The average Bonchev–Trinajstić information content (AvgIpc) is 3.34. The standard InChI is InChI=1S/C27H42N4O2/c32-26(20-22-4-2-1-3-5-22)29-23-8-6-21(7-9-23)11-14-30-15-17-31(18-16-30)27-24-12-19-33-25(24)10-13-28-27/h10,13,21-23H,1-9,11-12,14-20H2,(H,29,32). The zero-order chi connectivity index (χ0) is 22.5. The fraction of sp³-hybridized carbons (Fsp3) is 0.778. The number of fused-ring (bicyclic) bond motifs is 1. The third-order valence-corrected chi connectivity index (χ3v) is 8.54. The van der Waals surface area contributed by atoms with Gasteiger partial charge in [-0.3, -0.25) is 9.69 Å². The van der Waals surface area contributed by atoms with Crippen molar-refractivity contribution in [3.63, 3.8) is 0 Å². The van der Waals surface area contributed by atoms with E-state index < -0.39 is 0 Å². The number of hydrogen-bond acceptors (Lipinski definition) is 5. The minimum atomic E-state index is 0.313. The van der Waals surface area contributed by atoms with E-state index in [2.05, 4.69) is 20.1 Å². The zero-order valence-electron chi connectivity index (χ0n) is 20.3. The van der Waals surface area contributed by atoms with E-state index in [1.807, 2.05) is 12.3 Å². The van der Waals surface area contributed by atoms with Gasteiger partial charge >= 0.3 is 0 Å². The van der Waals surface area contributed by atoms with Crippen molar-refractivity contribution in [2.24, 2.45) is 11.8 Å². The molecule has 4 aliphatic rings. The second kappa shape index (κ2) is 11.1. The van der Waals surface area contributed by atoms with Crippen LogP contribution in [0.4, 0.5) is 5.82 Å². The maximum Gasteiger partial charge on any atom is 0.220 e. The molecule has 0 aromatic carbocycles. The van der Waals surface area contributed by atoms with Crippen LogP contribution in [-0.4, -0.2) is 61.2 Å². The summed E-state index contributed by atoms with van der Waals surface area (Å²) in [5.41, 5.74) is 1.30. The van der Waals surface area contributed by atoms with Crippen molar-refractivity contribution in [2.45, 2.75) is 83.1 Å². The molecule has 33 heavy (non-hydrogen) atoms. The molecule has 1 amide bonds. The lowest BCUT2D eigenvalue weighted by atomic mass is 9.83. The van der Waals surface area contributed by atoms with Crippen molar-refractivity contribution < 1.29 is 9.53 Å². The molecule has 3 fully saturated rings. The minimum Gasteiger partial charge on any atom is -0.493 e. The van der Waals surface area contributed by atoms with Crippen LogP contribution < -0.4 is 15.0 Å². The fourth-order valence-electron chi connectivity index (χ4n) is 6.45. The SMILES string of the molecule is O=C(CC1CCCCC1)NC1CCC(CCN2CCN(c3nccc4c3CCO4)CC2)CC1. The summed E-state index contributed by atoms with van der Waals surface area (Å²) in [6.45, 7) is 6.37. The van der Waals surface area contributed by atoms with Crippen molar-refractivity contribution in [3.8, 4) is 5.75 Å². The Hall–Kier alpha value is -1.82. The lowest BCUT2D eigenvalue weighted by Crippen LogP contribution is -2.47. The van der Waals surface area contributed by atoms with Gasteiger partial charge in [0.05, 0.1) is 6.61 Å². The third kappa shape index (κ3) is 6.00. The number of nitrogens with one attached hydrogen (secondary N) is 1. The number of amides is 1. The van der Waals surface area contributed by atoms with E-state index in [4.69, 9.17) is 4.74 Å². The van der Waals surface area contributed by atoms with Crippen molar-refractivity contribution >= 4 is 11.7 Å². The zero-order valence-corrected chi connectivity index (χ0v) is 20.3. The summed E-state index contributed by atoms with van der Waals surface area (Å²) in [6.07, 6.45) is 16.3. The number of nitrogens with zero attached hydrogens (tertiary/aromatic N) is 3. The quantitative estimate of drug-likeness (QED) is 0.670. The first-order valence-electron chi connectivity index (χ1n) is 13.6. The highest BCUT2D eigenvalue weighted by Gasteiger charge is 2.27. The Bertz CT molecular complexity index is 778. The van der Waals surface area contributed by atoms with E-state index in [0.717, 1.165) is 63.1 Å². The van der Waals surface area contributed by atoms with Gasteiger partial charge in [-0.15, -0.1) is 0 Å². The Kier molecular flexibility index (Phi) is 7.70. The molecule has 1 aromatic heterocycles. The minimum absolute atomic E-state index is 0.313. The summed E-state index contributed by atoms with van der Waals surface area (Å²) in [4.78, 5) is 22.2. The molecule has 0 radical (unpaired) electrons. The highest BCUT2D eigenvalue weighted by atomic mass is 16.5. The Morgan fingerprint density at radius 2 is 1.79 bits per heavy atom. The van der Waals surface area contributed by atoms with Gasteiger partial charge in [-0.05, 0) is 69.4 Å². The molecule has 0 atom stereocenters. The molecule has 0 spiro atoms. The third-order valence-electron chi connectivity index (χ3n) is 8.54. The van der Waals surface area contributed by atoms with E-state index in [1.165, 1.54) is 76.3 Å². The number of aromatic nitrogens is 1. The number of carbonyl (C=O) groups is 1. The summed E-state index contributed by atoms with van der Waals surface area (Å²) in [6, 6.07) is 2.42. The van der Waals surface area contributed by atoms with Crippen LogP contribution in [-0.2, 0) is 11.2 Å². The smallest absolute Gasteiger partial charge is 0.220 e. The van der Waals surface area contributed by atoms with Crippen molar-refractivity contribution in [1.82, 2.24) is 15.2 Å². The Morgan fingerprint density at radius 1 is 1.00 bits per heavy atom. The van der Waals surface area contributed by atoms with Crippen LogP contribution in [0.25, 0.3) is 0 Å². The van der Waals surface area contributed by atoms with Crippen LogP contribution >= 0.6 is 0 Å². The number of piperazine rings is 1. The first-order chi connectivity index (χ1) is 16.2. The molecule has 3 heterocycles. The summed E-state index contributed by atoms with van der Waals surface area (Å²) in [7, 11) is 0. The molecular weight excluding hydrogens is 412 g/mol. The lowest BCUT2D eigenvalue weighted by Gasteiger charge is -2.37. The second-order valence-electron chi connectivity index (χ2n) is 10.8. The summed E-state index contributed by atoms with van der Waals surface area (Å²) >= 11 is 0. The first kappa shape index (κ1) is 22.9. The molecule has 2 saturated carbocycles. The lowest BCUT2D eigenvalue weighted by molar-refractivity contribution is -0.123. The molecule has 1 saturated heterocycles. The summed E-state index contributed by atoms with van der Waals surface area (Å²) in [5.74, 6) is 3.96. The van der Waals surface area contributed by atoms with Crippen molar-refractivity contribution in [2.75, 3.05) is 44.2 Å². The molecule has 6 nitrogen and oxygen atoms in total. The average molecular weight is 455 g/mol.